The van der Waals surface area contributed by atoms with Crippen molar-refractivity contribution in [3.05, 3.63) is 81.1 Å². The first kappa shape index (κ1) is 19.1. The zero-order valence-electron chi connectivity index (χ0n) is 15.7. The molecule has 8 heteroatoms. The topological polar surface area (TPSA) is 100 Å². The summed E-state index contributed by atoms with van der Waals surface area (Å²) in [5, 5.41) is 15.3. The smallest absolute Gasteiger partial charge is 0.312 e. The minimum absolute atomic E-state index is 0.00978. The summed E-state index contributed by atoms with van der Waals surface area (Å²) in [7, 11) is 1.54. The van der Waals surface area contributed by atoms with Crippen molar-refractivity contribution in [2.75, 3.05) is 7.11 Å². The molecule has 0 bridgehead atoms. The standard InChI is InChI=1S/C20H19N3O5/c1-13-20(23(25)26)14(2)22(21-13)12-18-8-7-16(28-18)9-10-19(24)15-5-4-6-17(11-15)27-3/h4-11H,12H2,1-3H3/b10-9+. The van der Waals surface area contributed by atoms with E-state index >= 15 is 0 Å². The molecule has 0 N–H and O–H groups in total. The lowest BCUT2D eigenvalue weighted by Crippen LogP contribution is -2.03. The van der Waals surface area contributed by atoms with Gasteiger partial charge in [0, 0.05) is 5.56 Å². The van der Waals surface area contributed by atoms with Crippen LogP contribution >= 0.6 is 0 Å². The molecule has 0 amide bonds. The molecule has 0 atom stereocenters. The molecule has 28 heavy (non-hydrogen) atoms. The summed E-state index contributed by atoms with van der Waals surface area (Å²) in [6.45, 7) is 3.51. The second-order valence-corrected chi connectivity index (χ2v) is 6.17. The average Bonchev–Trinajstić information content (AvgIpc) is 3.23. The van der Waals surface area contributed by atoms with Crippen LogP contribution in [0, 0.1) is 24.0 Å². The van der Waals surface area contributed by atoms with Crippen LogP contribution in [0.1, 0.15) is 33.3 Å². The molecule has 0 radical (unpaired) electrons. The number of nitro groups is 1. The Morgan fingerprint density at radius 1 is 1.32 bits per heavy atom. The van der Waals surface area contributed by atoms with Gasteiger partial charge in [-0.25, -0.2) is 0 Å². The molecule has 0 aliphatic rings. The number of carbonyl (C=O) groups is 1. The van der Waals surface area contributed by atoms with Crippen molar-refractivity contribution in [3.8, 4) is 5.75 Å². The normalized spacial score (nSPS) is 11.1. The Kier molecular flexibility index (Phi) is 5.39. The zero-order chi connectivity index (χ0) is 20.3. The molecule has 0 saturated heterocycles. The SMILES string of the molecule is COc1cccc(C(=O)/C=C/c2ccc(Cn3nc(C)c([N+](=O)[O-])c3C)o2)c1. The van der Waals surface area contributed by atoms with Crippen molar-refractivity contribution in [1.29, 1.82) is 0 Å². The number of ketones is 1. The number of carbonyl (C=O) groups excluding carboxylic acids is 1. The van der Waals surface area contributed by atoms with Crippen LogP contribution in [0.4, 0.5) is 5.69 Å². The number of aryl methyl sites for hydroxylation is 1. The van der Waals surface area contributed by atoms with Crippen molar-refractivity contribution in [1.82, 2.24) is 9.78 Å². The number of ether oxygens (including phenoxy) is 1. The van der Waals surface area contributed by atoms with Crippen LogP contribution in [-0.4, -0.2) is 27.6 Å². The van der Waals surface area contributed by atoms with E-state index in [0.29, 0.717) is 34.2 Å². The second-order valence-electron chi connectivity index (χ2n) is 6.17. The zero-order valence-corrected chi connectivity index (χ0v) is 15.7. The molecule has 0 saturated carbocycles. The summed E-state index contributed by atoms with van der Waals surface area (Å²) in [5.41, 5.74) is 1.34. The van der Waals surface area contributed by atoms with E-state index in [1.807, 2.05) is 0 Å². The number of furan rings is 1. The summed E-state index contributed by atoms with van der Waals surface area (Å²) in [4.78, 5) is 22.9. The molecule has 144 valence electrons. The molecule has 8 nitrogen and oxygen atoms in total. The second kappa shape index (κ2) is 7.91. The molecule has 2 aromatic heterocycles. The monoisotopic (exact) mass is 381 g/mol. The van der Waals surface area contributed by atoms with Gasteiger partial charge in [0.1, 0.15) is 28.7 Å². The minimum Gasteiger partial charge on any atom is -0.497 e. The molecule has 3 rings (SSSR count). The largest absolute Gasteiger partial charge is 0.497 e. The molecule has 0 spiro atoms. The van der Waals surface area contributed by atoms with E-state index in [-0.39, 0.29) is 18.0 Å². The summed E-state index contributed by atoms with van der Waals surface area (Å²) in [5.74, 6) is 1.51. The van der Waals surface area contributed by atoms with Crippen LogP contribution < -0.4 is 4.74 Å². The Morgan fingerprint density at radius 3 is 2.79 bits per heavy atom. The van der Waals surface area contributed by atoms with Gasteiger partial charge in [-0.15, -0.1) is 0 Å². The fourth-order valence-corrected chi connectivity index (χ4v) is 2.85. The Labute approximate surface area is 161 Å². The summed E-state index contributed by atoms with van der Waals surface area (Å²) in [6, 6.07) is 10.4. The third-order valence-corrected chi connectivity index (χ3v) is 4.27. The van der Waals surface area contributed by atoms with Crippen molar-refractivity contribution < 1.29 is 18.9 Å². The van der Waals surface area contributed by atoms with Gasteiger partial charge in [0.05, 0.1) is 18.6 Å². The lowest BCUT2D eigenvalue weighted by atomic mass is 10.1. The quantitative estimate of drug-likeness (QED) is 0.266. The summed E-state index contributed by atoms with van der Waals surface area (Å²) in [6.07, 6.45) is 3.00. The predicted molar refractivity (Wildman–Crippen MR) is 103 cm³/mol. The number of methoxy groups -OCH3 is 1. The van der Waals surface area contributed by atoms with E-state index in [2.05, 4.69) is 5.10 Å². The lowest BCUT2D eigenvalue weighted by Gasteiger charge is -2.01. The number of allylic oxidation sites excluding steroid dienone is 1. The molecular formula is C20H19N3O5. The maximum atomic E-state index is 12.3. The molecular weight excluding hydrogens is 362 g/mol. The van der Waals surface area contributed by atoms with Crippen molar-refractivity contribution >= 4 is 17.5 Å². The van der Waals surface area contributed by atoms with E-state index < -0.39 is 4.92 Å². The highest BCUT2D eigenvalue weighted by Crippen LogP contribution is 2.23. The van der Waals surface area contributed by atoms with Gasteiger partial charge in [0.25, 0.3) is 0 Å². The third kappa shape index (κ3) is 4.01. The van der Waals surface area contributed by atoms with Crippen LogP contribution in [-0.2, 0) is 6.54 Å². The molecule has 1 aromatic carbocycles. The summed E-state index contributed by atoms with van der Waals surface area (Å²) < 4.78 is 12.3. The van der Waals surface area contributed by atoms with Gasteiger partial charge in [0.2, 0.25) is 0 Å². The van der Waals surface area contributed by atoms with Gasteiger partial charge in [0.15, 0.2) is 5.78 Å². The number of rotatable bonds is 7. The number of aromatic nitrogens is 2. The third-order valence-electron chi connectivity index (χ3n) is 4.27. The van der Waals surface area contributed by atoms with E-state index in [0.717, 1.165) is 0 Å². The van der Waals surface area contributed by atoms with Gasteiger partial charge >= 0.3 is 5.69 Å². The first-order valence-electron chi connectivity index (χ1n) is 8.52. The predicted octanol–water partition coefficient (Wildman–Crippen LogP) is 3.95. The van der Waals surface area contributed by atoms with Crippen molar-refractivity contribution in [2.24, 2.45) is 0 Å². The lowest BCUT2D eigenvalue weighted by molar-refractivity contribution is -0.386. The van der Waals surface area contributed by atoms with Gasteiger partial charge < -0.3 is 9.15 Å². The van der Waals surface area contributed by atoms with E-state index in [9.17, 15) is 14.9 Å². The van der Waals surface area contributed by atoms with Gasteiger partial charge in [-0.05, 0) is 50.3 Å². The Bertz CT molecular complexity index is 1060. The first-order valence-corrected chi connectivity index (χ1v) is 8.52. The minimum atomic E-state index is -0.436. The van der Waals surface area contributed by atoms with Crippen LogP contribution in [0.5, 0.6) is 5.75 Å². The van der Waals surface area contributed by atoms with Crippen molar-refractivity contribution in [2.45, 2.75) is 20.4 Å². The molecule has 0 unspecified atom stereocenters. The van der Waals surface area contributed by atoms with Crippen LogP contribution in [0.25, 0.3) is 6.08 Å². The van der Waals surface area contributed by atoms with E-state index in [4.69, 9.17) is 9.15 Å². The van der Waals surface area contributed by atoms with Crippen LogP contribution in [0.15, 0.2) is 46.9 Å². The highest BCUT2D eigenvalue weighted by molar-refractivity contribution is 6.06. The maximum absolute atomic E-state index is 12.3. The van der Waals surface area contributed by atoms with Gasteiger partial charge in [-0.1, -0.05) is 12.1 Å². The number of hydrogen-bond acceptors (Lipinski definition) is 6. The van der Waals surface area contributed by atoms with E-state index in [1.54, 1.807) is 63.4 Å². The number of benzene rings is 1. The fraction of sp³-hybridized carbons (Fsp3) is 0.200. The highest BCUT2D eigenvalue weighted by Gasteiger charge is 2.22. The Balaban J connectivity index is 1.72. The Morgan fingerprint density at radius 2 is 2.11 bits per heavy atom. The van der Waals surface area contributed by atoms with Crippen molar-refractivity contribution in [3.63, 3.8) is 0 Å². The fourth-order valence-electron chi connectivity index (χ4n) is 2.85. The van der Waals surface area contributed by atoms with Crippen LogP contribution in [0.2, 0.25) is 0 Å². The molecule has 0 fully saturated rings. The molecule has 0 aliphatic carbocycles. The number of hydrogen-bond donors (Lipinski definition) is 0. The maximum Gasteiger partial charge on any atom is 0.312 e. The summed E-state index contributed by atoms with van der Waals surface area (Å²) >= 11 is 0. The Hall–Kier alpha value is -3.68. The molecule has 2 heterocycles. The van der Waals surface area contributed by atoms with Crippen LogP contribution in [0.3, 0.4) is 0 Å². The molecule has 0 aliphatic heterocycles. The molecule has 3 aromatic rings. The first-order chi connectivity index (χ1) is 13.4. The van der Waals surface area contributed by atoms with E-state index in [1.165, 1.54) is 10.8 Å². The van der Waals surface area contributed by atoms with Gasteiger partial charge in [-0.2, -0.15) is 5.10 Å². The average molecular weight is 381 g/mol. The number of nitrogens with zero attached hydrogens (tertiary/aromatic N) is 3. The highest BCUT2D eigenvalue weighted by atomic mass is 16.6. The van der Waals surface area contributed by atoms with Gasteiger partial charge in [-0.3, -0.25) is 19.6 Å².